The van der Waals surface area contributed by atoms with Crippen molar-refractivity contribution in [2.45, 2.75) is 104 Å². The monoisotopic (exact) mass is 813 g/mol. The Morgan fingerprint density at radius 1 is 0.754 bits per heavy atom. The number of ether oxygens (including phenoxy) is 2. The number of phosphoric ester groups is 1. The van der Waals surface area contributed by atoms with E-state index >= 15 is 0 Å². The highest BCUT2D eigenvalue weighted by Crippen LogP contribution is 2.38. The zero-order chi connectivity index (χ0) is 42.6. The first-order valence-corrected chi connectivity index (χ1v) is 20.0. The van der Waals surface area contributed by atoms with Crippen LogP contribution in [0.1, 0.15) is 66.0 Å². The van der Waals surface area contributed by atoms with Crippen LogP contribution in [0.2, 0.25) is 0 Å². The summed E-state index contributed by atoms with van der Waals surface area (Å²) in [5, 5.41) is 20.5. The van der Waals surface area contributed by atoms with E-state index in [0.29, 0.717) is 0 Å². The van der Waals surface area contributed by atoms with Gasteiger partial charge in [-0.15, -0.1) is 0 Å². The number of hydrogen-bond acceptors (Lipinski definition) is 9. The summed E-state index contributed by atoms with van der Waals surface area (Å²) in [5.74, 6) is -1.23. The van der Waals surface area contributed by atoms with Crippen molar-refractivity contribution in [2.75, 3.05) is 7.11 Å². The maximum atomic E-state index is 14.1. The summed E-state index contributed by atoms with van der Waals surface area (Å²) < 4.78 is 27.9. The van der Waals surface area contributed by atoms with Gasteiger partial charge in [0.15, 0.2) is 6.29 Å². The lowest BCUT2D eigenvalue weighted by Gasteiger charge is -2.37. The van der Waals surface area contributed by atoms with Crippen molar-refractivity contribution < 1.29 is 52.6 Å². The second kappa shape index (κ2) is 20.5. The number of benzene rings is 2. The number of carbonyl (C=O) groups is 4. The quantitative estimate of drug-likeness (QED) is 0.0650. The SMILES string of the molecule is COC(=O)N[C@H](C(=O)N[C@@H](Cc1ccc(-c2ccccn2)cc1)C[C@H](OC(C)OP(=O)(O)O)[C@H](Cc1ccccc1)NC(=O)[C@@H](NC(=O)O)C(C)(C)C)C(C)(C)C. The molecule has 0 saturated heterocycles. The number of rotatable bonds is 18. The van der Waals surface area contributed by atoms with Crippen LogP contribution in [0.15, 0.2) is 79.0 Å². The molecule has 0 spiro atoms. The van der Waals surface area contributed by atoms with Gasteiger partial charge in [-0.05, 0) is 60.3 Å². The maximum Gasteiger partial charge on any atom is 0.471 e. The Kier molecular flexibility index (Phi) is 16.8. The van der Waals surface area contributed by atoms with Crippen molar-refractivity contribution in [3.63, 3.8) is 0 Å². The molecule has 0 aliphatic rings. The number of carboxylic acid groups (broad SMARTS) is 1. The Morgan fingerprint density at radius 3 is 1.84 bits per heavy atom. The first-order chi connectivity index (χ1) is 26.5. The van der Waals surface area contributed by atoms with Crippen LogP contribution < -0.4 is 21.3 Å². The van der Waals surface area contributed by atoms with Gasteiger partial charge in [-0.1, -0.05) is 102 Å². The van der Waals surface area contributed by atoms with E-state index in [2.05, 4.69) is 26.3 Å². The molecule has 0 bridgehead atoms. The van der Waals surface area contributed by atoms with Crippen molar-refractivity contribution in [3.05, 3.63) is 90.1 Å². The van der Waals surface area contributed by atoms with Gasteiger partial charge in [0.1, 0.15) is 12.1 Å². The minimum absolute atomic E-state index is 0.0675. The Bertz CT molecular complexity index is 1810. The number of carbonyl (C=O) groups excluding carboxylic acids is 3. The molecule has 0 radical (unpaired) electrons. The van der Waals surface area contributed by atoms with E-state index in [1.807, 2.05) is 60.7 Å². The van der Waals surface area contributed by atoms with Gasteiger partial charge >= 0.3 is 20.0 Å². The standard InChI is InChI=1S/C40H56N5O11P/c1-25(56-57(51,52)53)55-32(31(23-26-14-10-9-11-15-26)43-36(47)33(39(2,3)4)44-37(48)49)24-29(42-35(46)34(40(5,6)7)45-38(50)54-8)22-27-17-19-28(20-18-27)30-16-12-13-21-41-30/h9-21,25,29,31-34,44H,22-24H2,1-8H3,(H,42,46)(H,43,47)(H,45,50)(H,48,49)(H2,51,52,53)/t25?,29-,31-,32-,33+,34+/m0/s1. The third-order valence-corrected chi connectivity index (χ3v) is 9.53. The molecule has 2 aromatic carbocycles. The van der Waals surface area contributed by atoms with Crippen LogP contribution >= 0.6 is 7.82 Å². The Hall–Kier alpha value is -4.86. The van der Waals surface area contributed by atoms with Crippen molar-refractivity contribution in [1.29, 1.82) is 0 Å². The predicted octanol–water partition coefficient (Wildman–Crippen LogP) is 5.19. The van der Waals surface area contributed by atoms with Gasteiger partial charge in [0.05, 0.1) is 24.9 Å². The zero-order valence-electron chi connectivity index (χ0n) is 33.6. The van der Waals surface area contributed by atoms with Crippen LogP contribution in [0.5, 0.6) is 0 Å². The largest absolute Gasteiger partial charge is 0.471 e. The van der Waals surface area contributed by atoms with Crippen LogP contribution in [0.3, 0.4) is 0 Å². The lowest BCUT2D eigenvalue weighted by Crippen LogP contribution is -2.59. The van der Waals surface area contributed by atoms with Gasteiger partial charge in [-0.3, -0.25) is 19.1 Å². The Balaban J connectivity index is 2.15. The molecule has 312 valence electrons. The summed E-state index contributed by atoms with van der Waals surface area (Å²) in [4.78, 5) is 76.0. The van der Waals surface area contributed by atoms with Crippen molar-refractivity contribution in [2.24, 2.45) is 10.8 Å². The molecular formula is C40H56N5O11P. The molecule has 17 heteroatoms. The van der Waals surface area contributed by atoms with E-state index in [4.69, 9.17) is 14.0 Å². The van der Waals surface area contributed by atoms with Gasteiger partial charge in [0.2, 0.25) is 11.8 Å². The molecular weight excluding hydrogens is 757 g/mol. The number of aromatic nitrogens is 1. The summed E-state index contributed by atoms with van der Waals surface area (Å²) in [6.07, 6.45) is -2.92. The number of nitrogens with zero attached hydrogens (tertiary/aromatic N) is 1. The van der Waals surface area contributed by atoms with Gasteiger partial charge in [-0.2, -0.15) is 0 Å². The van der Waals surface area contributed by atoms with Gasteiger partial charge in [0.25, 0.3) is 0 Å². The number of methoxy groups -OCH3 is 1. The van der Waals surface area contributed by atoms with E-state index < -0.39 is 79.2 Å². The maximum absolute atomic E-state index is 14.1. The second-order valence-corrected chi connectivity index (χ2v) is 17.1. The minimum atomic E-state index is -5.06. The molecule has 16 nitrogen and oxygen atoms in total. The Labute approximate surface area is 333 Å². The van der Waals surface area contributed by atoms with Crippen LogP contribution in [-0.2, 0) is 41.0 Å². The molecule has 0 saturated carbocycles. The van der Waals surface area contributed by atoms with E-state index in [1.54, 1.807) is 59.9 Å². The number of alkyl carbamates (subject to hydrolysis) is 1. The Morgan fingerprint density at radius 2 is 1.32 bits per heavy atom. The molecule has 0 aliphatic carbocycles. The summed E-state index contributed by atoms with van der Waals surface area (Å²) in [6, 6.07) is 18.1. The summed E-state index contributed by atoms with van der Waals surface area (Å²) >= 11 is 0. The van der Waals surface area contributed by atoms with E-state index in [0.717, 1.165) is 22.4 Å². The average Bonchev–Trinajstić information content (AvgIpc) is 3.11. The third-order valence-electron chi connectivity index (χ3n) is 8.96. The lowest BCUT2D eigenvalue weighted by atomic mass is 9.85. The topological polar surface area (TPSA) is 235 Å². The molecule has 57 heavy (non-hydrogen) atoms. The molecule has 1 unspecified atom stereocenters. The summed E-state index contributed by atoms with van der Waals surface area (Å²) in [5.41, 5.74) is 1.49. The number of hydrogen-bond donors (Lipinski definition) is 7. The molecule has 1 heterocycles. The van der Waals surface area contributed by atoms with Crippen LogP contribution in [0, 0.1) is 10.8 Å². The summed E-state index contributed by atoms with van der Waals surface area (Å²) in [6.45, 7) is 11.7. The molecule has 1 aromatic heterocycles. The number of pyridine rings is 1. The highest BCUT2D eigenvalue weighted by Gasteiger charge is 2.39. The fourth-order valence-corrected chi connectivity index (χ4v) is 6.66. The fraction of sp³-hybridized carbons (Fsp3) is 0.475. The lowest BCUT2D eigenvalue weighted by molar-refractivity contribution is -0.141. The van der Waals surface area contributed by atoms with Crippen LogP contribution in [0.4, 0.5) is 9.59 Å². The minimum Gasteiger partial charge on any atom is -0.465 e. The van der Waals surface area contributed by atoms with Crippen LogP contribution in [0.25, 0.3) is 11.3 Å². The number of phosphoric acid groups is 1. The number of amides is 4. The van der Waals surface area contributed by atoms with Crippen molar-refractivity contribution in [1.82, 2.24) is 26.3 Å². The van der Waals surface area contributed by atoms with E-state index in [9.17, 15) is 38.6 Å². The molecule has 6 atom stereocenters. The third kappa shape index (κ3) is 15.9. The van der Waals surface area contributed by atoms with Gasteiger partial charge < -0.3 is 45.6 Å². The summed E-state index contributed by atoms with van der Waals surface area (Å²) in [7, 11) is -3.88. The fourth-order valence-electron chi connectivity index (χ4n) is 6.23. The van der Waals surface area contributed by atoms with E-state index in [1.165, 1.54) is 14.0 Å². The first kappa shape index (κ1) is 46.5. The second-order valence-electron chi connectivity index (χ2n) is 15.9. The van der Waals surface area contributed by atoms with Gasteiger partial charge in [0, 0.05) is 17.8 Å². The van der Waals surface area contributed by atoms with E-state index in [-0.39, 0.29) is 19.3 Å². The van der Waals surface area contributed by atoms with Crippen molar-refractivity contribution >= 4 is 31.8 Å². The molecule has 3 rings (SSSR count). The molecule has 4 amide bonds. The first-order valence-electron chi connectivity index (χ1n) is 18.4. The molecule has 0 fully saturated rings. The highest BCUT2D eigenvalue weighted by atomic mass is 31.2. The molecule has 7 N–H and O–H groups in total. The zero-order valence-corrected chi connectivity index (χ0v) is 34.5. The smallest absolute Gasteiger partial charge is 0.465 e. The highest BCUT2D eigenvalue weighted by molar-refractivity contribution is 7.46. The van der Waals surface area contributed by atoms with Gasteiger partial charge in [-0.25, -0.2) is 14.2 Å². The van der Waals surface area contributed by atoms with Crippen LogP contribution in [-0.4, -0.2) is 87.5 Å². The molecule has 3 aromatic rings. The number of nitrogens with one attached hydrogen (secondary N) is 4. The molecule has 0 aliphatic heterocycles. The normalized spacial score (nSPS) is 15.2. The average molecular weight is 814 g/mol. The van der Waals surface area contributed by atoms with Crippen molar-refractivity contribution in [3.8, 4) is 11.3 Å². The predicted molar refractivity (Wildman–Crippen MR) is 213 cm³/mol.